The number of carbonyl (C=O) groups is 2. The summed E-state index contributed by atoms with van der Waals surface area (Å²) in [4.78, 5) is 25.4. The lowest BCUT2D eigenvalue weighted by molar-refractivity contribution is -0.139. The maximum absolute atomic E-state index is 12.3. The van der Waals surface area contributed by atoms with Crippen LogP contribution < -0.4 is 5.32 Å². The van der Waals surface area contributed by atoms with E-state index in [-0.39, 0.29) is 12.1 Å². The van der Waals surface area contributed by atoms with Gasteiger partial charge in [0.25, 0.3) is 0 Å². The molecule has 2 atom stereocenters. The number of carboxylic acid groups (broad SMARTS) is 1. The standard InChI is InChI=1S/C15H20N2O3/c1-2-12-9-6-10-17(12)15(20)16-13(14(18)19)11-7-4-3-5-8-11/h3-5,7-8,12-13H,2,6,9-10H2,1H3,(H,16,20)(H,18,19). The van der Waals surface area contributed by atoms with Gasteiger partial charge in [0, 0.05) is 12.6 Å². The van der Waals surface area contributed by atoms with Crippen molar-refractivity contribution in [2.45, 2.75) is 38.3 Å². The summed E-state index contributed by atoms with van der Waals surface area (Å²) in [7, 11) is 0. The Morgan fingerprint density at radius 2 is 2.10 bits per heavy atom. The Balaban J connectivity index is 2.09. The van der Waals surface area contributed by atoms with Crippen LogP contribution in [0.2, 0.25) is 0 Å². The Bertz CT molecular complexity index is 475. The lowest BCUT2D eigenvalue weighted by Crippen LogP contribution is -2.45. The molecule has 20 heavy (non-hydrogen) atoms. The van der Waals surface area contributed by atoms with Gasteiger partial charge in [-0.25, -0.2) is 9.59 Å². The molecule has 2 unspecified atom stereocenters. The van der Waals surface area contributed by atoms with Crippen molar-refractivity contribution in [2.24, 2.45) is 0 Å². The molecule has 0 spiro atoms. The third-order valence-electron chi connectivity index (χ3n) is 3.76. The molecule has 2 N–H and O–H groups in total. The molecule has 1 aromatic rings. The Labute approximate surface area is 118 Å². The van der Waals surface area contributed by atoms with Gasteiger partial charge in [-0.05, 0) is 24.8 Å². The molecule has 1 aliphatic rings. The number of hydrogen-bond donors (Lipinski definition) is 2. The van der Waals surface area contributed by atoms with E-state index in [9.17, 15) is 14.7 Å². The minimum Gasteiger partial charge on any atom is -0.479 e. The van der Waals surface area contributed by atoms with Crippen molar-refractivity contribution < 1.29 is 14.7 Å². The van der Waals surface area contributed by atoms with Crippen LogP contribution in [-0.2, 0) is 4.79 Å². The third kappa shape index (κ3) is 3.10. The van der Waals surface area contributed by atoms with E-state index < -0.39 is 12.0 Å². The van der Waals surface area contributed by atoms with E-state index in [1.165, 1.54) is 0 Å². The smallest absolute Gasteiger partial charge is 0.330 e. The second-order valence-corrected chi connectivity index (χ2v) is 5.03. The second-order valence-electron chi connectivity index (χ2n) is 5.03. The van der Waals surface area contributed by atoms with Gasteiger partial charge >= 0.3 is 12.0 Å². The average Bonchev–Trinajstić information content (AvgIpc) is 2.93. The average molecular weight is 276 g/mol. The number of benzene rings is 1. The first-order valence-electron chi connectivity index (χ1n) is 6.98. The monoisotopic (exact) mass is 276 g/mol. The molecule has 1 fully saturated rings. The van der Waals surface area contributed by atoms with Gasteiger partial charge < -0.3 is 15.3 Å². The van der Waals surface area contributed by atoms with Crippen molar-refractivity contribution in [3.05, 3.63) is 35.9 Å². The molecule has 1 aromatic carbocycles. The Morgan fingerprint density at radius 1 is 1.40 bits per heavy atom. The molecule has 2 amide bonds. The first-order chi connectivity index (χ1) is 9.63. The van der Waals surface area contributed by atoms with Crippen molar-refractivity contribution in [3.8, 4) is 0 Å². The lowest BCUT2D eigenvalue weighted by Gasteiger charge is -2.26. The third-order valence-corrected chi connectivity index (χ3v) is 3.76. The zero-order chi connectivity index (χ0) is 14.5. The van der Waals surface area contributed by atoms with Gasteiger partial charge in [-0.1, -0.05) is 37.3 Å². The molecule has 108 valence electrons. The SMILES string of the molecule is CCC1CCCN1C(=O)NC(C(=O)O)c1ccccc1. The van der Waals surface area contributed by atoms with Crippen LogP contribution in [0.5, 0.6) is 0 Å². The molecule has 5 nitrogen and oxygen atoms in total. The van der Waals surface area contributed by atoms with Crippen LogP contribution in [0.1, 0.15) is 37.8 Å². The highest BCUT2D eigenvalue weighted by molar-refractivity contribution is 5.84. The minimum atomic E-state index is -1.04. The Kier molecular flexibility index (Phi) is 4.61. The number of hydrogen-bond acceptors (Lipinski definition) is 2. The first-order valence-corrected chi connectivity index (χ1v) is 6.98. The molecular formula is C15H20N2O3. The van der Waals surface area contributed by atoms with Crippen LogP contribution in [0.15, 0.2) is 30.3 Å². The number of nitrogens with one attached hydrogen (secondary N) is 1. The number of rotatable bonds is 4. The number of nitrogens with zero attached hydrogens (tertiary/aromatic N) is 1. The van der Waals surface area contributed by atoms with Crippen LogP contribution in [0.3, 0.4) is 0 Å². The quantitative estimate of drug-likeness (QED) is 0.887. The molecular weight excluding hydrogens is 256 g/mol. The van der Waals surface area contributed by atoms with Gasteiger partial charge in [-0.2, -0.15) is 0 Å². The van der Waals surface area contributed by atoms with Crippen molar-refractivity contribution in [1.29, 1.82) is 0 Å². The summed E-state index contributed by atoms with van der Waals surface area (Å²) in [6, 6.07) is 7.70. The van der Waals surface area contributed by atoms with Gasteiger partial charge in [-0.15, -0.1) is 0 Å². The van der Waals surface area contributed by atoms with Crippen LogP contribution in [-0.4, -0.2) is 34.6 Å². The van der Waals surface area contributed by atoms with Gasteiger partial charge in [0.15, 0.2) is 6.04 Å². The molecule has 2 rings (SSSR count). The van der Waals surface area contributed by atoms with E-state index in [1.807, 2.05) is 13.0 Å². The van der Waals surface area contributed by atoms with Gasteiger partial charge in [-0.3, -0.25) is 0 Å². The summed E-state index contributed by atoms with van der Waals surface area (Å²) in [6.45, 7) is 2.74. The predicted molar refractivity (Wildman–Crippen MR) is 75.4 cm³/mol. The van der Waals surface area contributed by atoms with Gasteiger partial charge in [0.1, 0.15) is 0 Å². The molecule has 0 aromatic heterocycles. The van der Waals surface area contributed by atoms with Gasteiger partial charge in [0.2, 0.25) is 0 Å². The van der Waals surface area contributed by atoms with Crippen LogP contribution in [0, 0.1) is 0 Å². The number of aliphatic carboxylic acids is 1. The molecule has 1 saturated heterocycles. The number of likely N-dealkylation sites (tertiary alicyclic amines) is 1. The minimum absolute atomic E-state index is 0.222. The molecule has 0 bridgehead atoms. The summed E-state index contributed by atoms with van der Waals surface area (Å²) in [5.41, 5.74) is 0.584. The lowest BCUT2D eigenvalue weighted by atomic mass is 10.1. The largest absolute Gasteiger partial charge is 0.479 e. The highest BCUT2D eigenvalue weighted by atomic mass is 16.4. The Hall–Kier alpha value is -2.04. The number of carboxylic acids is 1. The topological polar surface area (TPSA) is 69.6 Å². The Morgan fingerprint density at radius 3 is 2.70 bits per heavy atom. The number of carbonyl (C=O) groups excluding carboxylic acids is 1. The van der Waals surface area contributed by atoms with Gasteiger partial charge in [0.05, 0.1) is 0 Å². The van der Waals surface area contributed by atoms with E-state index >= 15 is 0 Å². The zero-order valence-electron chi connectivity index (χ0n) is 11.6. The highest BCUT2D eigenvalue weighted by Gasteiger charge is 2.30. The van der Waals surface area contributed by atoms with Crippen LogP contribution in [0.25, 0.3) is 0 Å². The van der Waals surface area contributed by atoms with Crippen LogP contribution >= 0.6 is 0 Å². The maximum Gasteiger partial charge on any atom is 0.330 e. The van der Waals surface area contributed by atoms with Crippen molar-refractivity contribution in [2.75, 3.05) is 6.54 Å². The van der Waals surface area contributed by atoms with E-state index in [2.05, 4.69) is 5.32 Å². The summed E-state index contributed by atoms with van der Waals surface area (Å²) in [5, 5.41) is 11.9. The van der Waals surface area contributed by atoms with Crippen molar-refractivity contribution in [1.82, 2.24) is 10.2 Å². The van der Waals surface area contributed by atoms with Crippen molar-refractivity contribution >= 4 is 12.0 Å². The summed E-state index contributed by atoms with van der Waals surface area (Å²) in [5.74, 6) is -1.04. The molecule has 0 saturated carbocycles. The highest BCUT2D eigenvalue weighted by Crippen LogP contribution is 2.21. The molecule has 0 aliphatic carbocycles. The summed E-state index contributed by atoms with van der Waals surface area (Å²) in [6.07, 6.45) is 2.87. The van der Waals surface area contributed by atoms with Crippen LogP contribution in [0.4, 0.5) is 4.79 Å². The number of urea groups is 1. The fourth-order valence-electron chi connectivity index (χ4n) is 2.67. The summed E-state index contributed by atoms with van der Waals surface area (Å²) >= 11 is 0. The molecule has 5 heteroatoms. The fourth-order valence-corrected chi connectivity index (χ4v) is 2.67. The normalized spacial score (nSPS) is 19.6. The predicted octanol–water partition coefficient (Wildman–Crippen LogP) is 2.40. The second kappa shape index (κ2) is 6.41. The summed E-state index contributed by atoms with van der Waals surface area (Å²) < 4.78 is 0. The fraction of sp³-hybridized carbons (Fsp3) is 0.467. The number of amides is 2. The van der Waals surface area contributed by atoms with Crippen molar-refractivity contribution in [3.63, 3.8) is 0 Å². The zero-order valence-corrected chi connectivity index (χ0v) is 11.6. The van der Waals surface area contributed by atoms with E-state index in [0.717, 1.165) is 19.3 Å². The molecule has 1 heterocycles. The van der Waals surface area contributed by atoms with E-state index in [0.29, 0.717) is 12.1 Å². The molecule has 0 radical (unpaired) electrons. The van der Waals surface area contributed by atoms with E-state index in [4.69, 9.17) is 0 Å². The first kappa shape index (κ1) is 14.4. The van der Waals surface area contributed by atoms with E-state index in [1.54, 1.807) is 29.2 Å². The molecule has 1 aliphatic heterocycles. The maximum atomic E-state index is 12.3.